The van der Waals surface area contributed by atoms with E-state index in [9.17, 15) is 0 Å². The van der Waals surface area contributed by atoms with Gasteiger partial charge in [0, 0.05) is 18.5 Å². The molecular weight excluding hydrogens is 274 g/mol. The maximum absolute atomic E-state index is 6.17. The fourth-order valence-corrected chi connectivity index (χ4v) is 3.53. The first-order valence-corrected chi connectivity index (χ1v) is 7.87. The Labute approximate surface area is 129 Å². The molecule has 0 aliphatic carbocycles. The van der Waals surface area contributed by atoms with E-state index >= 15 is 0 Å². The topological polar surface area (TPSA) is 60.0 Å². The predicted octanol–water partition coefficient (Wildman–Crippen LogP) is 3.20. The number of fused-ring (bicyclic) bond motifs is 5. The van der Waals surface area contributed by atoms with Crippen LogP contribution in [0.1, 0.15) is 26.8 Å². The first-order chi connectivity index (χ1) is 10.6. The minimum Gasteiger partial charge on any atom is -0.382 e. The molecule has 22 heavy (non-hydrogen) atoms. The smallest absolute Gasteiger partial charge is 0.207 e. The molecular formula is C17H21N5. The normalized spacial score (nSPS) is 17.8. The number of anilines is 2. The molecule has 0 radical (unpaired) electrons. The van der Waals surface area contributed by atoms with Gasteiger partial charge in [0.15, 0.2) is 5.82 Å². The van der Waals surface area contributed by atoms with Gasteiger partial charge in [-0.25, -0.2) is 9.97 Å². The molecule has 0 saturated heterocycles. The number of nitrogens with two attached hydrogens (primary N) is 1. The van der Waals surface area contributed by atoms with E-state index in [-0.39, 0.29) is 0 Å². The third-order valence-corrected chi connectivity index (χ3v) is 4.33. The van der Waals surface area contributed by atoms with Crippen LogP contribution < -0.4 is 10.6 Å². The van der Waals surface area contributed by atoms with E-state index in [4.69, 9.17) is 10.7 Å². The molecule has 0 spiro atoms. The van der Waals surface area contributed by atoms with Crippen LogP contribution in [-0.4, -0.2) is 27.6 Å². The quantitative estimate of drug-likeness (QED) is 0.788. The van der Waals surface area contributed by atoms with Gasteiger partial charge in [0.25, 0.3) is 0 Å². The molecule has 2 aromatic heterocycles. The van der Waals surface area contributed by atoms with Gasteiger partial charge >= 0.3 is 0 Å². The number of imidazole rings is 1. The summed E-state index contributed by atoms with van der Waals surface area (Å²) in [4.78, 5) is 11.7. The van der Waals surface area contributed by atoms with Gasteiger partial charge in [0.1, 0.15) is 5.52 Å². The highest BCUT2D eigenvalue weighted by molar-refractivity contribution is 6.07. The molecule has 3 aromatic rings. The van der Waals surface area contributed by atoms with E-state index in [0.717, 1.165) is 41.0 Å². The average molecular weight is 295 g/mol. The number of nitrogens with zero attached hydrogens (tertiary/aromatic N) is 4. The minimum atomic E-state index is 0.393. The van der Waals surface area contributed by atoms with Crippen molar-refractivity contribution in [2.45, 2.75) is 26.8 Å². The summed E-state index contributed by atoms with van der Waals surface area (Å²) in [5, 5.41) is 1.13. The molecule has 0 bridgehead atoms. The van der Waals surface area contributed by atoms with Gasteiger partial charge in [-0.05, 0) is 18.9 Å². The Kier molecular flexibility index (Phi) is 2.79. The van der Waals surface area contributed by atoms with E-state index < -0.39 is 0 Å². The summed E-state index contributed by atoms with van der Waals surface area (Å²) in [6, 6.07) is 8.55. The molecule has 0 saturated carbocycles. The number of rotatable bonds is 2. The van der Waals surface area contributed by atoms with Crippen molar-refractivity contribution in [1.29, 1.82) is 0 Å². The van der Waals surface area contributed by atoms with Crippen molar-refractivity contribution < 1.29 is 0 Å². The molecule has 1 atom stereocenters. The monoisotopic (exact) mass is 295 g/mol. The highest BCUT2D eigenvalue weighted by Crippen LogP contribution is 2.38. The molecule has 3 heterocycles. The standard InChI is InChI=1S/C17H21N5/c1-10(2)8-21-9-11(3)22-15-12-6-4-5-7-13(12)19-16(18)14(15)20-17(21)22/h4-7,10-11H,8-9H2,1-3H3,(H2,18,19). The van der Waals surface area contributed by atoms with Gasteiger partial charge in [0.05, 0.1) is 17.1 Å². The molecule has 1 unspecified atom stereocenters. The first-order valence-electron chi connectivity index (χ1n) is 7.87. The Morgan fingerprint density at radius 2 is 2.05 bits per heavy atom. The average Bonchev–Trinajstić information content (AvgIpc) is 2.99. The van der Waals surface area contributed by atoms with E-state index in [2.05, 4.69) is 41.3 Å². The Hall–Kier alpha value is -2.30. The number of para-hydroxylation sites is 1. The lowest BCUT2D eigenvalue weighted by Crippen LogP contribution is -2.26. The lowest BCUT2D eigenvalue weighted by Gasteiger charge is -2.18. The lowest BCUT2D eigenvalue weighted by atomic mass is 10.1. The zero-order chi connectivity index (χ0) is 15.4. The van der Waals surface area contributed by atoms with Crippen LogP contribution in [0.25, 0.3) is 21.9 Å². The highest BCUT2D eigenvalue weighted by Gasteiger charge is 2.31. The summed E-state index contributed by atoms with van der Waals surface area (Å²) in [5.41, 5.74) is 9.05. The third-order valence-electron chi connectivity index (χ3n) is 4.33. The second-order valence-corrected chi connectivity index (χ2v) is 6.64. The third kappa shape index (κ3) is 1.78. The number of pyridine rings is 1. The molecule has 4 rings (SSSR count). The van der Waals surface area contributed by atoms with Gasteiger partial charge in [-0.2, -0.15) is 0 Å². The van der Waals surface area contributed by atoms with Crippen molar-refractivity contribution in [2.24, 2.45) is 5.92 Å². The lowest BCUT2D eigenvalue weighted by molar-refractivity contribution is 0.585. The van der Waals surface area contributed by atoms with Crippen molar-refractivity contribution in [3.63, 3.8) is 0 Å². The van der Waals surface area contributed by atoms with Crippen LogP contribution in [0.15, 0.2) is 24.3 Å². The number of nitrogen functional groups attached to an aromatic ring is 1. The van der Waals surface area contributed by atoms with Crippen LogP contribution in [0.5, 0.6) is 0 Å². The molecule has 5 nitrogen and oxygen atoms in total. The highest BCUT2D eigenvalue weighted by atomic mass is 15.4. The zero-order valence-electron chi connectivity index (χ0n) is 13.2. The van der Waals surface area contributed by atoms with Crippen LogP contribution >= 0.6 is 0 Å². The van der Waals surface area contributed by atoms with Crippen molar-refractivity contribution >= 4 is 33.7 Å². The van der Waals surface area contributed by atoms with E-state index in [0.29, 0.717) is 17.8 Å². The Morgan fingerprint density at radius 3 is 2.82 bits per heavy atom. The van der Waals surface area contributed by atoms with Gasteiger partial charge < -0.3 is 15.2 Å². The van der Waals surface area contributed by atoms with Gasteiger partial charge in [-0.3, -0.25) is 0 Å². The number of hydrogen-bond acceptors (Lipinski definition) is 4. The van der Waals surface area contributed by atoms with E-state index in [1.807, 2.05) is 18.2 Å². The summed E-state index contributed by atoms with van der Waals surface area (Å²) < 4.78 is 2.33. The largest absolute Gasteiger partial charge is 0.382 e. The van der Waals surface area contributed by atoms with E-state index in [1.165, 1.54) is 0 Å². The zero-order valence-corrected chi connectivity index (χ0v) is 13.2. The molecule has 0 amide bonds. The summed E-state index contributed by atoms with van der Waals surface area (Å²) >= 11 is 0. The number of benzene rings is 1. The van der Waals surface area contributed by atoms with Gasteiger partial charge in [-0.15, -0.1) is 0 Å². The van der Waals surface area contributed by atoms with Crippen LogP contribution in [0, 0.1) is 5.92 Å². The van der Waals surface area contributed by atoms with Crippen molar-refractivity contribution in [1.82, 2.24) is 14.5 Å². The molecule has 0 fully saturated rings. The fraction of sp³-hybridized carbons (Fsp3) is 0.412. The summed E-state index contributed by atoms with van der Waals surface area (Å²) in [7, 11) is 0. The van der Waals surface area contributed by atoms with Crippen molar-refractivity contribution in [3.05, 3.63) is 24.3 Å². The maximum Gasteiger partial charge on any atom is 0.207 e. The Morgan fingerprint density at radius 1 is 1.27 bits per heavy atom. The summed E-state index contributed by atoms with van der Waals surface area (Å²) in [6.07, 6.45) is 0. The summed E-state index contributed by atoms with van der Waals surface area (Å²) in [6.45, 7) is 8.74. The summed E-state index contributed by atoms with van der Waals surface area (Å²) in [5.74, 6) is 2.15. The van der Waals surface area contributed by atoms with Crippen molar-refractivity contribution in [3.8, 4) is 0 Å². The molecule has 1 aliphatic rings. The van der Waals surface area contributed by atoms with Gasteiger partial charge in [-0.1, -0.05) is 32.0 Å². The molecule has 1 aliphatic heterocycles. The Bertz CT molecular complexity index is 864. The second-order valence-electron chi connectivity index (χ2n) is 6.64. The molecule has 114 valence electrons. The molecule has 2 N–H and O–H groups in total. The van der Waals surface area contributed by atoms with Gasteiger partial charge in [0.2, 0.25) is 5.95 Å². The Balaban J connectivity index is 2.04. The minimum absolute atomic E-state index is 0.393. The molecule has 5 heteroatoms. The van der Waals surface area contributed by atoms with E-state index in [1.54, 1.807) is 0 Å². The number of aromatic nitrogens is 3. The van der Waals surface area contributed by atoms with Crippen LogP contribution in [0.3, 0.4) is 0 Å². The fourth-order valence-electron chi connectivity index (χ4n) is 3.53. The van der Waals surface area contributed by atoms with Crippen LogP contribution in [-0.2, 0) is 0 Å². The van der Waals surface area contributed by atoms with Crippen LogP contribution in [0.4, 0.5) is 11.8 Å². The number of hydrogen-bond donors (Lipinski definition) is 1. The maximum atomic E-state index is 6.17. The molecule has 1 aromatic carbocycles. The second kappa shape index (κ2) is 4.60. The van der Waals surface area contributed by atoms with Crippen LogP contribution in [0.2, 0.25) is 0 Å². The van der Waals surface area contributed by atoms with Crippen molar-refractivity contribution in [2.75, 3.05) is 23.7 Å². The predicted molar refractivity (Wildman–Crippen MR) is 91.2 cm³/mol. The SMILES string of the molecule is CC(C)CN1CC(C)n2c1nc1c(N)nc3ccccc3c12. The first kappa shape index (κ1) is 13.4.